The first kappa shape index (κ1) is 62.7. The standard InChI is InChI=1S/C54H97O10P/c1-3-5-7-9-11-13-15-17-19-21-23-24-25-26-28-29-31-33-35-37-39-41-43-45-53(57)61-49-52(50-63-65(59,60)62-48-51(56)47-55)64-54(58)46-44-42-40-38-36-34-32-30-27-22-20-18-16-14-12-10-8-6-4-2/h6,8,12,14,18,20,27,30,34,36,51-52,55-56H,3-5,7,9-11,13,15-17,19,21-26,28-29,31-33,35,37-50H2,1-2H3,(H,59,60)/b8-6+,14-12+,20-18+,30-27+,36-34+/t51-,52+/m0/s1. The van der Waals surface area contributed by atoms with Crippen molar-refractivity contribution in [3.05, 3.63) is 60.8 Å². The summed E-state index contributed by atoms with van der Waals surface area (Å²) in [6.45, 7) is 2.26. The zero-order valence-corrected chi connectivity index (χ0v) is 42.3. The van der Waals surface area contributed by atoms with Gasteiger partial charge in [0.25, 0.3) is 0 Å². The van der Waals surface area contributed by atoms with Crippen molar-refractivity contribution in [2.24, 2.45) is 0 Å². The lowest BCUT2D eigenvalue weighted by Gasteiger charge is -2.20. The van der Waals surface area contributed by atoms with Crippen molar-refractivity contribution in [3.8, 4) is 0 Å². The van der Waals surface area contributed by atoms with Crippen molar-refractivity contribution < 1.29 is 47.8 Å². The molecule has 0 aliphatic rings. The van der Waals surface area contributed by atoms with E-state index in [4.69, 9.17) is 23.6 Å². The third-order valence-corrected chi connectivity index (χ3v) is 12.1. The quantitative estimate of drug-likeness (QED) is 0.0233. The highest BCUT2D eigenvalue weighted by atomic mass is 31.2. The van der Waals surface area contributed by atoms with Crippen LogP contribution in [0.1, 0.15) is 232 Å². The fourth-order valence-electron chi connectivity index (χ4n) is 7.20. The van der Waals surface area contributed by atoms with Gasteiger partial charge in [-0.3, -0.25) is 18.6 Å². The van der Waals surface area contributed by atoms with Gasteiger partial charge in [0.15, 0.2) is 6.10 Å². The minimum absolute atomic E-state index is 0.144. The van der Waals surface area contributed by atoms with Crippen LogP contribution in [0.4, 0.5) is 0 Å². The third-order valence-electron chi connectivity index (χ3n) is 11.2. The van der Waals surface area contributed by atoms with E-state index < -0.39 is 51.8 Å². The number of rotatable bonds is 49. The Morgan fingerprint density at radius 3 is 1.28 bits per heavy atom. The van der Waals surface area contributed by atoms with Crippen molar-refractivity contribution in [3.63, 3.8) is 0 Å². The molecule has 0 rings (SSSR count). The van der Waals surface area contributed by atoms with Crippen LogP contribution in [0, 0.1) is 0 Å². The molecule has 10 nitrogen and oxygen atoms in total. The zero-order valence-electron chi connectivity index (χ0n) is 41.4. The molecular formula is C54H97O10P. The largest absolute Gasteiger partial charge is 0.472 e. The maximum absolute atomic E-state index is 12.7. The number of phosphoric ester groups is 1. The SMILES string of the molecule is CC/C=C/C/C=C/C/C=C/C/C=C/C/C=C/CCCCCC(=O)O[C@H](COC(=O)CCCCCCCCCCCCCCCCCCCCCCCCC)COP(=O)(O)OC[C@@H](O)CO. The number of aliphatic hydroxyl groups is 2. The Kier molecular flexibility index (Phi) is 47.8. The zero-order chi connectivity index (χ0) is 47.6. The molecule has 65 heavy (non-hydrogen) atoms. The summed E-state index contributed by atoms with van der Waals surface area (Å²) in [5.41, 5.74) is 0. The van der Waals surface area contributed by atoms with Crippen LogP contribution >= 0.6 is 7.82 Å². The lowest BCUT2D eigenvalue weighted by atomic mass is 10.0. The molecule has 3 N–H and O–H groups in total. The molecule has 3 atom stereocenters. The van der Waals surface area contributed by atoms with Crippen LogP contribution in [0.25, 0.3) is 0 Å². The van der Waals surface area contributed by atoms with Gasteiger partial charge >= 0.3 is 19.8 Å². The summed E-state index contributed by atoms with van der Waals surface area (Å²) in [4.78, 5) is 35.2. The van der Waals surface area contributed by atoms with Gasteiger partial charge in [-0.25, -0.2) is 4.57 Å². The van der Waals surface area contributed by atoms with Crippen molar-refractivity contribution in [1.29, 1.82) is 0 Å². The number of carbonyl (C=O) groups excluding carboxylic acids is 2. The van der Waals surface area contributed by atoms with Gasteiger partial charge in [-0.1, -0.05) is 222 Å². The average molecular weight is 937 g/mol. The van der Waals surface area contributed by atoms with Gasteiger partial charge in [0, 0.05) is 12.8 Å². The van der Waals surface area contributed by atoms with E-state index in [1.54, 1.807) is 0 Å². The molecule has 0 saturated carbocycles. The summed E-state index contributed by atoms with van der Waals surface area (Å²) in [7, 11) is -4.64. The number of phosphoric acid groups is 1. The maximum Gasteiger partial charge on any atom is 0.472 e. The molecule has 0 fully saturated rings. The molecule has 1 unspecified atom stereocenters. The van der Waals surface area contributed by atoms with Gasteiger partial charge in [0.05, 0.1) is 19.8 Å². The van der Waals surface area contributed by atoms with Crippen LogP contribution in [0.5, 0.6) is 0 Å². The molecule has 0 radical (unpaired) electrons. The van der Waals surface area contributed by atoms with Gasteiger partial charge < -0.3 is 24.6 Å². The van der Waals surface area contributed by atoms with Gasteiger partial charge in [-0.05, 0) is 57.8 Å². The number of allylic oxidation sites excluding steroid dienone is 10. The van der Waals surface area contributed by atoms with E-state index >= 15 is 0 Å². The molecule has 0 aliphatic heterocycles. The van der Waals surface area contributed by atoms with E-state index in [-0.39, 0.29) is 19.4 Å². The highest BCUT2D eigenvalue weighted by Crippen LogP contribution is 2.43. The summed E-state index contributed by atoms with van der Waals surface area (Å²) >= 11 is 0. The second-order valence-corrected chi connectivity index (χ2v) is 19.0. The van der Waals surface area contributed by atoms with Gasteiger partial charge in [0.2, 0.25) is 0 Å². The van der Waals surface area contributed by atoms with E-state index in [1.807, 2.05) is 0 Å². The molecule has 0 aromatic heterocycles. The predicted molar refractivity (Wildman–Crippen MR) is 270 cm³/mol. The number of hydrogen-bond donors (Lipinski definition) is 3. The Morgan fingerprint density at radius 2 is 0.846 bits per heavy atom. The Hall–Kier alpha value is -2.33. The molecule has 0 saturated heterocycles. The fraction of sp³-hybridized carbons (Fsp3) is 0.778. The maximum atomic E-state index is 12.7. The molecule has 0 aliphatic carbocycles. The van der Waals surface area contributed by atoms with Gasteiger partial charge in [-0.15, -0.1) is 0 Å². The van der Waals surface area contributed by atoms with Crippen molar-refractivity contribution in [1.82, 2.24) is 0 Å². The number of ether oxygens (including phenoxy) is 2. The topological polar surface area (TPSA) is 149 Å². The Labute approximate surface area is 397 Å². The number of aliphatic hydroxyl groups excluding tert-OH is 2. The molecule has 0 aromatic rings. The highest BCUT2D eigenvalue weighted by molar-refractivity contribution is 7.47. The molecule has 378 valence electrons. The van der Waals surface area contributed by atoms with Crippen molar-refractivity contribution in [2.75, 3.05) is 26.4 Å². The molecule has 0 aromatic carbocycles. The average Bonchev–Trinajstić information content (AvgIpc) is 3.30. The van der Waals surface area contributed by atoms with E-state index in [9.17, 15) is 24.2 Å². The third kappa shape index (κ3) is 49.4. The first-order valence-corrected chi connectivity index (χ1v) is 27.7. The van der Waals surface area contributed by atoms with Crippen LogP contribution < -0.4 is 0 Å². The first-order valence-electron chi connectivity index (χ1n) is 26.2. The number of carbonyl (C=O) groups is 2. The lowest BCUT2D eigenvalue weighted by Crippen LogP contribution is -2.29. The van der Waals surface area contributed by atoms with Crippen LogP contribution in [-0.2, 0) is 32.7 Å². The van der Waals surface area contributed by atoms with Crippen LogP contribution in [0.15, 0.2) is 60.8 Å². The minimum atomic E-state index is -4.64. The summed E-state index contributed by atoms with van der Waals surface area (Å²) in [5, 5.41) is 18.4. The second-order valence-electron chi connectivity index (χ2n) is 17.5. The Balaban J connectivity index is 4.19. The second kappa shape index (κ2) is 49.6. The van der Waals surface area contributed by atoms with E-state index in [0.29, 0.717) is 12.8 Å². The normalized spacial score (nSPS) is 14.1. The van der Waals surface area contributed by atoms with Crippen LogP contribution in [0.2, 0.25) is 0 Å². The monoisotopic (exact) mass is 937 g/mol. The predicted octanol–water partition coefficient (Wildman–Crippen LogP) is 15.0. The lowest BCUT2D eigenvalue weighted by molar-refractivity contribution is -0.161. The van der Waals surface area contributed by atoms with Crippen molar-refractivity contribution in [2.45, 2.75) is 244 Å². The smallest absolute Gasteiger partial charge is 0.462 e. The molecular weight excluding hydrogens is 840 g/mol. The highest BCUT2D eigenvalue weighted by Gasteiger charge is 2.27. The summed E-state index contributed by atoms with van der Waals surface area (Å²) in [5.74, 6) is -0.956. The van der Waals surface area contributed by atoms with Crippen LogP contribution in [0.3, 0.4) is 0 Å². The van der Waals surface area contributed by atoms with Gasteiger partial charge in [-0.2, -0.15) is 0 Å². The Morgan fingerprint density at radius 1 is 0.477 bits per heavy atom. The van der Waals surface area contributed by atoms with E-state index in [2.05, 4.69) is 74.6 Å². The number of unbranched alkanes of at least 4 members (excludes halogenated alkanes) is 25. The van der Waals surface area contributed by atoms with Crippen LogP contribution in [-0.4, -0.2) is 65.7 Å². The number of hydrogen-bond acceptors (Lipinski definition) is 9. The minimum Gasteiger partial charge on any atom is -0.462 e. The molecule has 11 heteroatoms. The van der Waals surface area contributed by atoms with E-state index in [1.165, 1.54) is 122 Å². The Bertz CT molecular complexity index is 1260. The molecule has 0 bridgehead atoms. The summed E-state index contributed by atoms with van der Waals surface area (Å²) < 4.78 is 32.9. The molecule has 0 heterocycles. The summed E-state index contributed by atoms with van der Waals surface area (Å²) in [6.07, 6.45) is 57.7. The van der Waals surface area contributed by atoms with Gasteiger partial charge in [0.1, 0.15) is 12.7 Å². The summed E-state index contributed by atoms with van der Waals surface area (Å²) in [6, 6.07) is 0. The van der Waals surface area contributed by atoms with Crippen molar-refractivity contribution >= 4 is 19.8 Å². The molecule has 0 spiro atoms. The first-order chi connectivity index (χ1) is 31.7. The van der Waals surface area contributed by atoms with E-state index in [0.717, 1.165) is 70.6 Å². The fourth-order valence-corrected chi connectivity index (χ4v) is 7.99. The number of esters is 2. The molecule has 0 amide bonds.